The highest BCUT2D eigenvalue weighted by Crippen LogP contribution is 2.28. The van der Waals surface area contributed by atoms with E-state index in [1.807, 2.05) is 67.9 Å². The van der Waals surface area contributed by atoms with E-state index in [9.17, 15) is 13.2 Å². The van der Waals surface area contributed by atoms with Crippen molar-refractivity contribution in [1.29, 1.82) is 0 Å². The summed E-state index contributed by atoms with van der Waals surface area (Å²) in [5, 5.41) is 7.36. The summed E-state index contributed by atoms with van der Waals surface area (Å²) in [7, 11) is -3.93. The summed E-state index contributed by atoms with van der Waals surface area (Å²) in [4.78, 5) is 12.3. The van der Waals surface area contributed by atoms with Crippen LogP contribution in [0.5, 0.6) is 0 Å². The molecular formula is C29H32N4O3S. The molecule has 0 unspecified atom stereocenters. The molecule has 4 aromatic rings. The van der Waals surface area contributed by atoms with Crippen molar-refractivity contribution in [3.63, 3.8) is 0 Å². The van der Waals surface area contributed by atoms with Gasteiger partial charge in [-0.2, -0.15) is 5.10 Å². The molecular weight excluding hydrogens is 484 g/mol. The summed E-state index contributed by atoms with van der Waals surface area (Å²) < 4.78 is 29.0. The third kappa shape index (κ3) is 6.09. The van der Waals surface area contributed by atoms with E-state index in [1.54, 1.807) is 12.1 Å². The molecule has 0 spiro atoms. The summed E-state index contributed by atoms with van der Waals surface area (Å²) in [6.07, 6.45) is 0.559. The van der Waals surface area contributed by atoms with Crippen molar-refractivity contribution in [2.75, 3.05) is 6.54 Å². The van der Waals surface area contributed by atoms with Gasteiger partial charge in [-0.15, -0.1) is 0 Å². The van der Waals surface area contributed by atoms with Crippen molar-refractivity contribution in [3.05, 3.63) is 101 Å². The lowest BCUT2D eigenvalue weighted by atomic mass is 10.0. The summed E-state index contributed by atoms with van der Waals surface area (Å²) in [6, 6.07) is 24.0. The van der Waals surface area contributed by atoms with Gasteiger partial charge in [0, 0.05) is 17.8 Å². The first-order valence-corrected chi connectivity index (χ1v) is 13.8. The molecule has 0 aliphatic heterocycles. The molecule has 2 N–H and O–H groups in total. The molecule has 7 nitrogen and oxygen atoms in total. The van der Waals surface area contributed by atoms with Crippen molar-refractivity contribution in [2.45, 2.75) is 44.9 Å². The quantitative estimate of drug-likeness (QED) is 0.323. The van der Waals surface area contributed by atoms with Crippen molar-refractivity contribution < 1.29 is 13.2 Å². The van der Waals surface area contributed by atoms with E-state index in [4.69, 9.17) is 5.10 Å². The molecule has 1 heterocycles. The third-order valence-corrected chi connectivity index (χ3v) is 7.66. The van der Waals surface area contributed by atoms with Gasteiger partial charge in [-0.3, -0.25) is 0 Å². The first-order chi connectivity index (χ1) is 17.7. The van der Waals surface area contributed by atoms with Crippen molar-refractivity contribution in [2.24, 2.45) is 0 Å². The Bertz CT molecular complexity index is 1470. The lowest BCUT2D eigenvalue weighted by Crippen LogP contribution is -2.40. The topological polar surface area (TPSA) is 93.1 Å². The Morgan fingerprint density at radius 2 is 1.57 bits per heavy atom. The summed E-state index contributed by atoms with van der Waals surface area (Å²) >= 11 is 0. The van der Waals surface area contributed by atoms with Crippen LogP contribution in [0.2, 0.25) is 0 Å². The molecule has 4 rings (SSSR count). The number of rotatable bonds is 8. The Morgan fingerprint density at radius 1 is 0.919 bits per heavy atom. The van der Waals surface area contributed by atoms with Gasteiger partial charge < -0.3 is 5.32 Å². The van der Waals surface area contributed by atoms with E-state index in [-0.39, 0.29) is 4.90 Å². The highest BCUT2D eigenvalue weighted by molar-refractivity contribution is 7.90. The van der Waals surface area contributed by atoms with Gasteiger partial charge in [-0.25, -0.2) is 22.6 Å². The zero-order valence-corrected chi connectivity index (χ0v) is 22.3. The van der Waals surface area contributed by atoms with Crippen molar-refractivity contribution >= 4 is 16.1 Å². The van der Waals surface area contributed by atoms with Crippen LogP contribution in [-0.2, 0) is 16.4 Å². The first kappa shape index (κ1) is 26.2. The monoisotopic (exact) mass is 516 g/mol. The number of carbonyl (C=O) groups excluding carboxylic acids is 1. The SMILES string of the molecule is Cc1nn(-c2ccc(CCNC(=O)NS(=O)(=O)c3ccc(C(C)C)cc3)cc2)c(C)c1-c1ccccc1. The fraction of sp³-hybridized carbons (Fsp3) is 0.241. The average Bonchev–Trinajstić information content (AvgIpc) is 3.18. The third-order valence-electron chi connectivity index (χ3n) is 6.32. The second-order valence-electron chi connectivity index (χ2n) is 9.33. The number of hydrogen-bond acceptors (Lipinski definition) is 4. The summed E-state index contributed by atoms with van der Waals surface area (Å²) in [5.74, 6) is 0.293. The summed E-state index contributed by atoms with van der Waals surface area (Å²) in [6.45, 7) is 8.43. The van der Waals surface area contributed by atoms with Gasteiger partial charge in [0.15, 0.2) is 0 Å². The van der Waals surface area contributed by atoms with E-state index in [2.05, 4.69) is 29.1 Å². The van der Waals surface area contributed by atoms with Crippen molar-refractivity contribution in [1.82, 2.24) is 19.8 Å². The molecule has 2 amide bonds. The Morgan fingerprint density at radius 3 is 2.19 bits per heavy atom. The molecule has 0 bridgehead atoms. The highest BCUT2D eigenvalue weighted by atomic mass is 32.2. The number of nitrogens with zero attached hydrogens (tertiary/aromatic N) is 2. The number of urea groups is 1. The maximum atomic E-state index is 12.5. The molecule has 192 valence electrons. The molecule has 0 aliphatic carbocycles. The summed E-state index contributed by atoms with van der Waals surface area (Å²) in [5.41, 5.74) is 7.30. The minimum Gasteiger partial charge on any atom is -0.337 e. The van der Waals surface area contributed by atoms with Gasteiger partial charge in [0.2, 0.25) is 0 Å². The molecule has 3 aromatic carbocycles. The van der Waals surface area contributed by atoms with Crippen LogP contribution in [0.25, 0.3) is 16.8 Å². The normalized spacial score (nSPS) is 11.5. The number of carbonyl (C=O) groups is 1. The number of aryl methyl sites for hydroxylation is 1. The van der Waals surface area contributed by atoms with Crippen LogP contribution in [0.4, 0.5) is 4.79 Å². The number of aromatic nitrogens is 2. The minimum absolute atomic E-state index is 0.0576. The van der Waals surface area contributed by atoms with Crippen LogP contribution in [0.3, 0.4) is 0 Å². The largest absolute Gasteiger partial charge is 0.337 e. The predicted octanol–water partition coefficient (Wildman–Crippen LogP) is 5.51. The number of benzene rings is 3. The zero-order chi connectivity index (χ0) is 26.6. The lowest BCUT2D eigenvalue weighted by molar-refractivity contribution is 0.246. The Kier molecular flexibility index (Phi) is 7.78. The number of nitrogens with one attached hydrogen (secondary N) is 2. The number of amides is 2. The van der Waals surface area contributed by atoms with Crippen molar-refractivity contribution in [3.8, 4) is 16.8 Å². The van der Waals surface area contributed by atoms with Crippen LogP contribution in [-0.4, -0.2) is 30.8 Å². The molecule has 0 saturated carbocycles. The molecule has 37 heavy (non-hydrogen) atoms. The van der Waals surface area contributed by atoms with Gasteiger partial charge in [0.1, 0.15) is 0 Å². The van der Waals surface area contributed by atoms with Gasteiger partial charge in [0.05, 0.1) is 16.3 Å². The van der Waals surface area contributed by atoms with Crippen LogP contribution >= 0.6 is 0 Å². The molecule has 0 atom stereocenters. The average molecular weight is 517 g/mol. The fourth-order valence-corrected chi connectivity index (χ4v) is 5.22. The molecule has 8 heteroatoms. The Labute approximate surface area is 218 Å². The predicted molar refractivity (Wildman–Crippen MR) is 146 cm³/mol. The van der Waals surface area contributed by atoms with E-state index in [0.29, 0.717) is 18.9 Å². The minimum atomic E-state index is -3.93. The van der Waals surface area contributed by atoms with Gasteiger partial charge in [-0.1, -0.05) is 68.4 Å². The second-order valence-corrected chi connectivity index (χ2v) is 11.0. The number of sulfonamides is 1. The Balaban J connectivity index is 1.34. The smallest absolute Gasteiger partial charge is 0.328 e. The van der Waals surface area contributed by atoms with Crippen LogP contribution < -0.4 is 10.0 Å². The zero-order valence-electron chi connectivity index (χ0n) is 21.5. The standard InChI is InChI=1S/C29H32N4O3S/c1-20(2)24-12-16-27(17-13-24)37(35,36)32-29(34)30-19-18-23-10-14-26(15-11-23)33-22(4)28(21(3)31-33)25-8-6-5-7-9-25/h5-17,20H,18-19H2,1-4H3,(H2,30,32,34). The second kappa shape index (κ2) is 11.0. The first-order valence-electron chi connectivity index (χ1n) is 12.3. The maximum absolute atomic E-state index is 12.5. The Hall–Kier alpha value is -3.91. The lowest BCUT2D eigenvalue weighted by Gasteiger charge is -2.11. The molecule has 0 fully saturated rings. The fourth-order valence-electron chi connectivity index (χ4n) is 4.29. The van der Waals surface area contributed by atoms with E-state index in [0.717, 1.165) is 39.3 Å². The van der Waals surface area contributed by atoms with Crippen LogP contribution in [0, 0.1) is 13.8 Å². The van der Waals surface area contributed by atoms with Gasteiger partial charge in [-0.05, 0) is 67.1 Å². The molecule has 1 aromatic heterocycles. The highest BCUT2D eigenvalue weighted by Gasteiger charge is 2.18. The van der Waals surface area contributed by atoms with E-state index in [1.165, 1.54) is 12.1 Å². The number of hydrogen-bond donors (Lipinski definition) is 2. The van der Waals surface area contributed by atoms with Crippen LogP contribution in [0.1, 0.15) is 42.3 Å². The van der Waals surface area contributed by atoms with Crippen LogP contribution in [0.15, 0.2) is 83.8 Å². The molecule has 0 radical (unpaired) electrons. The van der Waals surface area contributed by atoms with E-state index < -0.39 is 16.1 Å². The molecule has 0 aliphatic rings. The maximum Gasteiger partial charge on any atom is 0.328 e. The van der Waals surface area contributed by atoms with Gasteiger partial charge in [0.25, 0.3) is 10.0 Å². The molecule has 0 saturated heterocycles. The van der Waals surface area contributed by atoms with Gasteiger partial charge >= 0.3 is 6.03 Å². The van der Waals surface area contributed by atoms with E-state index >= 15 is 0 Å².